The molecule has 78 valence electrons. The molecule has 0 atom stereocenters. The van der Waals surface area contributed by atoms with Gasteiger partial charge in [0.1, 0.15) is 5.69 Å². The summed E-state index contributed by atoms with van der Waals surface area (Å²) in [7, 11) is 3.40. The molecule has 0 unspecified atom stereocenters. The molecule has 5 nitrogen and oxygen atoms in total. The molecule has 0 radical (unpaired) electrons. The van der Waals surface area contributed by atoms with Crippen LogP contribution in [0.1, 0.15) is 21.0 Å². The minimum absolute atomic E-state index is 0.216. The molecule has 0 spiro atoms. The van der Waals surface area contributed by atoms with E-state index >= 15 is 0 Å². The van der Waals surface area contributed by atoms with Gasteiger partial charge in [0.25, 0.3) is 0 Å². The fourth-order valence-electron chi connectivity index (χ4n) is 1.74. The molecule has 0 saturated carbocycles. The fraction of sp³-hybridized carbons (Fsp3) is 0.200. The highest BCUT2D eigenvalue weighted by atomic mass is 16.4. The Balaban J connectivity index is 2.81. The summed E-state index contributed by atoms with van der Waals surface area (Å²) in [6, 6.07) is 3.24. The molecule has 0 aromatic carbocycles. The van der Waals surface area contributed by atoms with Crippen molar-refractivity contribution in [3.63, 3.8) is 0 Å². The van der Waals surface area contributed by atoms with E-state index in [0.29, 0.717) is 5.69 Å². The second kappa shape index (κ2) is 2.98. The van der Waals surface area contributed by atoms with E-state index in [0.717, 1.165) is 17.3 Å². The zero-order chi connectivity index (χ0) is 11.2. The molecule has 2 rings (SSSR count). The molecule has 0 bridgehead atoms. The lowest BCUT2D eigenvalue weighted by Crippen LogP contribution is -2.03. The van der Waals surface area contributed by atoms with E-state index in [1.807, 2.05) is 0 Å². The van der Waals surface area contributed by atoms with Gasteiger partial charge >= 0.3 is 5.97 Å². The van der Waals surface area contributed by atoms with Gasteiger partial charge in [-0.15, -0.1) is 0 Å². The lowest BCUT2D eigenvalue weighted by Gasteiger charge is -1.96. The van der Waals surface area contributed by atoms with Crippen molar-refractivity contribution in [1.82, 2.24) is 9.13 Å². The van der Waals surface area contributed by atoms with Gasteiger partial charge in [-0.05, 0) is 12.1 Å². The predicted molar refractivity (Wildman–Crippen MR) is 54.2 cm³/mol. The SMILES string of the molecule is Cn1c(C=O)cc2c1cc(C(=O)O)n2C. The molecule has 15 heavy (non-hydrogen) atoms. The predicted octanol–water partition coefficient (Wildman–Crippen LogP) is 1.03. The third-order valence-corrected chi connectivity index (χ3v) is 2.63. The number of nitrogens with zero attached hydrogens (tertiary/aromatic N) is 2. The van der Waals surface area contributed by atoms with Crippen LogP contribution in [0, 0.1) is 0 Å². The van der Waals surface area contributed by atoms with Crippen molar-refractivity contribution < 1.29 is 14.7 Å². The van der Waals surface area contributed by atoms with Crippen LogP contribution in [0.2, 0.25) is 0 Å². The molecule has 2 aromatic rings. The van der Waals surface area contributed by atoms with Crippen LogP contribution < -0.4 is 0 Å². The van der Waals surface area contributed by atoms with E-state index in [2.05, 4.69) is 0 Å². The highest BCUT2D eigenvalue weighted by Crippen LogP contribution is 2.21. The summed E-state index contributed by atoms with van der Waals surface area (Å²) < 4.78 is 3.24. The number of aryl methyl sites for hydroxylation is 2. The third kappa shape index (κ3) is 1.16. The monoisotopic (exact) mass is 206 g/mol. The average molecular weight is 206 g/mol. The smallest absolute Gasteiger partial charge is 0.352 e. The van der Waals surface area contributed by atoms with E-state index in [-0.39, 0.29) is 5.69 Å². The van der Waals surface area contributed by atoms with Crippen molar-refractivity contribution in [2.24, 2.45) is 14.1 Å². The summed E-state index contributed by atoms with van der Waals surface area (Å²) in [4.78, 5) is 21.5. The van der Waals surface area contributed by atoms with Gasteiger partial charge in [0, 0.05) is 14.1 Å². The van der Waals surface area contributed by atoms with E-state index < -0.39 is 5.97 Å². The fourth-order valence-corrected chi connectivity index (χ4v) is 1.74. The topological polar surface area (TPSA) is 64.2 Å². The summed E-state index contributed by atoms with van der Waals surface area (Å²) >= 11 is 0. The van der Waals surface area contributed by atoms with Gasteiger partial charge < -0.3 is 14.2 Å². The standard InChI is InChI=1S/C10H10N2O3/c1-11-6(5-13)3-7-8(11)4-9(10(14)15)12(7)2/h3-5H,1-2H3,(H,14,15). The summed E-state index contributed by atoms with van der Waals surface area (Å²) in [5.41, 5.74) is 2.24. The summed E-state index contributed by atoms with van der Waals surface area (Å²) in [5.74, 6) is -0.971. The second-order valence-electron chi connectivity index (χ2n) is 3.41. The van der Waals surface area contributed by atoms with E-state index in [1.165, 1.54) is 0 Å². The molecule has 0 amide bonds. The molecule has 0 saturated heterocycles. The number of fused-ring (bicyclic) bond motifs is 1. The van der Waals surface area contributed by atoms with Gasteiger partial charge in [-0.1, -0.05) is 0 Å². The van der Waals surface area contributed by atoms with Crippen LogP contribution in [0.4, 0.5) is 0 Å². The lowest BCUT2D eigenvalue weighted by molar-refractivity contribution is 0.0687. The Morgan fingerprint density at radius 2 is 1.87 bits per heavy atom. The number of carboxylic acids is 1. The first-order valence-corrected chi connectivity index (χ1v) is 4.40. The molecular formula is C10H10N2O3. The molecule has 0 aliphatic rings. The highest BCUT2D eigenvalue weighted by Gasteiger charge is 2.15. The van der Waals surface area contributed by atoms with Crippen molar-refractivity contribution in [3.8, 4) is 0 Å². The van der Waals surface area contributed by atoms with Crippen LogP contribution in [-0.2, 0) is 14.1 Å². The van der Waals surface area contributed by atoms with Crippen molar-refractivity contribution in [2.45, 2.75) is 0 Å². The number of aldehydes is 1. The molecule has 2 aromatic heterocycles. The third-order valence-electron chi connectivity index (χ3n) is 2.63. The minimum atomic E-state index is -0.971. The first-order valence-electron chi connectivity index (χ1n) is 4.40. The van der Waals surface area contributed by atoms with E-state index in [9.17, 15) is 9.59 Å². The normalized spacial score (nSPS) is 10.8. The zero-order valence-corrected chi connectivity index (χ0v) is 8.39. The number of carboxylic acid groups (broad SMARTS) is 1. The van der Waals surface area contributed by atoms with Crippen molar-refractivity contribution in [1.29, 1.82) is 0 Å². The van der Waals surface area contributed by atoms with Crippen LogP contribution in [0.3, 0.4) is 0 Å². The van der Waals surface area contributed by atoms with Gasteiger partial charge in [0.2, 0.25) is 0 Å². The minimum Gasteiger partial charge on any atom is -0.477 e. The molecule has 0 fully saturated rings. The number of rotatable bonds is 2. The zero-order valence-electron chi connectivity index (χ0n) is 8.39. The Hall–Kier alpha value is -2.04. The lowest BCUT2D eigenvalue weighted by atomic mass is 10.4. The largest absolute Gasteiger partial charge is 0.477 e. The maximum Gasteiger partial charge on any atom is 0.352 e. The van der Waals surface area contributed by atoms with Crippen LogP contribution in [-0.4, -0.2) is 26.5 Å². The Kier molecular flexibility index (Phi) is 1.89. The quantitative estimate of drug-likeness (QED) is 0.746. The summed E-state index contributed by atoms with van der Waals surface area (Å²) in [6.45, 7) is 0. The maximum absolute atomic E-state index is 10.9. The molecule has 0 aliphatic carbocycles. The molecule has 0 aliphatic heterocycles. The molecule has 5 heteroatoms. The molecule has 2 heterocycles. The first-order chi connectivity index (χ1) is 7.06. The molecule has 1 N–H and O–H groups in total. The van der Waals surface area contributed by atoms with Crippen LogP contribution >= 0.6 is 0 Å². The second-order valence-corrected chi connectivity index (χ2v) is 3.41. The van der Waals surface area contributed by atoms with Crippen LogP contribution in [0.5, 0.6) is 0 Å². The van der Waals surface area contributed by atoms with E-state index in [1.54, 1.807) is 35.4 Å². The Bertz CT molecular complexity index is 563. The Labute approximate surface area is 85.5 Å². The van der Waals surface area contributed by atoms with Crippen molar-refractivity contribution in [2.75, 3.05) is 0 Å². The number of hydrogen-bond acceptors (Lipinski definition) is 2. The first kappa shape index (κ1) is 9.51. The molecular weight excluding hydrogens is 196 g/mol. The number of carbonyl (C=O) groups is 2. The van der Waals surface area contributed by atoms with Crippen LogP contribution in [0.25, 0.3) is 11.0 Å². The van der Waals surface area contributed by atoms with Crippen molar-refractivity contribution in [3.05, 3.63) is 23.5 Å². The Morgan fingerprint density at radius 1 is 1.27 bits per heavy atom. The van der Waals surface area contributed by atoms with Gasteiger partial charge in [-0.3, -0.25) is 4.79 Å². The highest BCUT2D eigenvalue weighted by molar-refractivity contribution is 5.96. The van der Waals surface area contributed by atoms with Gasteiger partial charge in [-0.2, -0.15) is 0 Å². The van der Waals surface area contributed by atoms with Gasteiger partial charge in [0.05, 0.1) is 16.7 Å². The number of aromatic nitrogens is 2. The number of aromatic carboxylic acids is 1. The van der Waals surface area contributed by atoms with Crippen LogP contribution in [0.15, 0.2) is 12.1 Å². The Morgan fingerprint density at radius 3 is 2.33 bits per heavy atom. The van der Waals surface area contributed by atoms with Gasteiger partial charge in [0.15, 0.2) is 6.29 Å². The number of carbonyl (C=O) groups excluding carboxylic acids is 1. The average Bonchev–Trinajstić information content (AvgIpc) is 2.66. The van der Waals surface area contributed by atoms with Crippen molar-refractivity contribution >= 4 is 23.3 Å². The van der Waals surface area contributed by atoms with E-state index in [4.69, 9.17) is 5.11 Å². The summed E-state index contributed by atoms with van der Waals surface area (Å²) in [5, 5.41) is 8.90. The summed E-state index contributed by atoms with van der Waals surface area (Å²) in [6.07, 6.45) is 0.750. The number of hydrogen-bond donors (Lipinski definition) is 1. The van der Waals surface area contributed by atoms with Gasteiger partial charge in [-0.25, -0.2) is 4.79 Å². The maximum atomic E-state index is 10.9.